The maximum atomic E-state index is 11.8. The Kier molecular flexibility index (Phi) is 2.86. The predicted molar refractivity (Wildman–Crippen MR) is 61.6 cm³/mol. The molecule has 2 aliphatic heterocycles. The predicted octanol–water partition coefficient (Wildman–Crippen LogP) is 1.76. The summed E-state index contributed by atoms with van der Waals surface area (Å²) in [7, 11) is 0. The van der Waals surface area contributed by atoms with Crippen LogP contribution in [0.2, 0.25) is 0 Å². The van der Waals surface area contributed by atoms with Gasteiger partial charge in [0.05, 0.1) is 12.6 Å². The topological polar surface area (TPSA) is 47.8 Å². The molecule has 2 aliphatic rings. The smallest absolute Gasteiger partial charge is 0.410 e. The highest BCUT2D eigenvalue weighted by molar-refractivity contribution is 5.71. The first kappa shape index (κ1) is 12.6. The summed E-state index contributed by atoms with van der Waals surface area (Å²) in [5, 5.41) is 0. The van der Waals surface area contributed by atoms with Gasteiger partial charge in [0, 0.05) is 6.54 Å². The summed E-state index contributed by atoms with van der Waals surface area (Å²) in [6.45, 7) is 10.6. The van der Waals surface area contributed by atoms with Crippen LogP contribution in [0.3, 0.4) is 0 Å². The molecule has 0 aromatic carbocycles. The molecule has 1 amide bonds. The van der Waals surface area contributed by atoms with Gasteiger partial charge in [-0.3, -0.25) is 4.90 Å². The molecule has 2 heterocycles. The Morgan fingerprint density at radius 2 is 2.06 bits per heavy atom. The quantitative estimate of drug-likeness (QED) is 0.658. The number of ether oxygens (including phenoxy) is 3. The minimum Gasteiger partial charge on any atom is -0.444 e. The van der Waals surface area contributed by atoms with Crippen LogP contribution in [0.5, 0.6) is 0 Å². The summed E-state index contributed by atoms with van der Waals surface area (Å²) in [6, 6.07) is 0.103. The summed E-state index contributed by atoms with van der Waals surface area (Å²) in [5.41, 5.74) is -0.448. The molecule has 0 unspecified atom stereocenters. The minimum atomic E-state index is -0.535. The fourth-order valence-corrected chi connectivity index (χ4v) is 1.91. The van der Waals surface area contributed by atoms with Crippen molar-refractivity contribution in [1.29, 1.82) is 0 Å². The summed E-state index contributed by atoms with van der Waals surface area (Å²) < 4.78 is 16.5. The van der Waals surface area contributed by atoms with Gasteiger partial charge in [0.1, 0.15) is 11.7 Å². The molecule has 0 N–H and O–H groups in total. The monoisotopic (exact) mass is 243 g/mol. The van der Waals surface area contributed by atoms with Crippen LogP contribution in [0.25, 0.3) is 0 Å². The molecule has 2 rings (SSSR count). The molecule has 17 heavy (non-hydrogen) atoms. The average molecular weight is 243 g/mol. The Morgan fingerprint density at radius 3 is 2.53 bits per heavy atom. The van der Waals surface area contributed by atoms with Crippen LogP contribution < -0.4 is 0 Å². The van der Waals surface area contributed by atoms with Crippen LogP contribution in [0.15, 0.2) is 0 Å². The van der Waals surface area contributed by atoms with Gasteiger partial charge in [0.25, 0.3) is 0 Å². The van der Waals surface area contributed by atoms with Crippen LogP contribution >= 0.6 is 0 Å². The van der Waals surface area contributed by atoms with Gasteiger partial charge in [0.15, 0.2) is 5.79 Å². The molecule has 0 spiro atoms. The number of nitrogens with zero attached hydrogens (tertiary/aromatic N) is 1. The lowest BCUT2D eigenvalue weighted by molar-refractivity contribution is -0.139. The van der Waals surface area contributed by atoms with Gasteiger partial charge in [-0.1, -0.05) is 0 Å². The minimum absolute atomic E-state index is 0.0301. The lowest BCUT2D eigenvalue weighted by atomic mass is 10.2. The van der Waals surface area contributed by atoms with E-state index in [4.69, 9.17) is 14.2 Å². The van der Waals surface area contributed by atoms with Crippen molar-refractivity contribution in [2.45, 2.75) is 58.2 Å². The summed E-state index contributed by atoms with van der Waals surface area (Å²) >= 11 is 0. The zero-order valence-corrected chi connectivity index (χ0v) is 11.1. The van der Waals surface area contributed by atoms with Gasteiger partial charge >= 0.3 is 6.09 Å². The van der Waals surface area contributed by atoms with Crippen LogP contribution in [0, 0.1) is 0 Å². The van der Waals surface area contributed by atoms with E-state index in [0.29, 0.717) is 13.2 Å². The van der Waals surface area contributed by atoms with E-state index in [-0.39, 0.29) is 18.2 Å². The second kappa shape index (κ2) is 3.85. The van der Waals surface area contributed by atoms with E-state index in [2.05, 4.69) is 0 Å². The van der Waals surface area contributed by atoms with Crippen molar-refractivity contribution in [2.24, 2.45) is 0 Å². The normalized spacial score (nSPS) is 31.5. The zero-order chi connectivity index (χ0) is 12.8. The van der Waals surface area contributed by atoms with Crippen LogP contribution in [0.1, 0.15) is 34.6 Å². The number of hydrogen-bond acceptors (Lipinski definition) is 4. The molecule has 98 valence electrons. The molecule has 0 aromatic heterocycles. The molecule has 2 saturated heterocycles. The Labute approximate surface area is 102 Å². The fraction of sp³-hybridized carbons (Fsp3) is 0.917. The SMILES string of the molecule is CC(C)(C)OC(=O)N1C[C@H]1[C@H]1COC(C)(C)O1. The van der Waals surface area contributed by atoms with Crippen molar-refractivity contribution >= 4 is 6.09 Å². The van der Waals surface area contributed by atoms with Crippen molar-refractivity contribution in [1.82, 2.24) is 4.90 Å². The molecule has 0 bridgehead atoms. The van der Waals surface area contributed by atoms with E-state index in [9.17, 15) is 4.79 Å². The third-order valence-corrected chi connectivity index (χ3v) is 2.74. The van der Waals surface area contributed by atoms with Gasteiger partial charge in [-0.2, -0.15) is 0 Å². The van der Waals surface area contributed by atoms with E-state index in [1.165, 1.54) is 0 Å². The first-order chi connectivity index (χ1) is 7.68. The van der Waals surface area contributed by atoms with E-state index in [0.717, 1.165) is 0 Å². The largest absolute Gasteiger partial charge is 0.444 e. The van der Waals surface area contributed by atoms with E-state index >= 15 is 0 Å². The zero-order valence-electron chi connectivity index (χ0n) is 11.1. The average Bonchev–Trinajstić information content (AvgIpc) is 2.83. The lowest BCUT2D eigenvalue weighted by Gasteiger charge is -2.21. The van der Waals surface area contributed by atoms with Crippen molar-refractivity contribution < 1.29 is 19.0 Å². The molecule has 0 saturated carbocycles. The van der Waals surface area contributed by atoms with Gasteiger partial charge < -0.3 is 14.2 Å². The first-order valence-corrected chi connectivity index (χ1v) is 5.99. The Morgan fingerprint density at radius 1 is 1.41 bits per heavy atom. The number of rotatable bonds is 1. The van der Waals surface area contributed by atoms with Crippen LogP contribution in [-0.4, -0.2) is 47.7 Å². The van der Waals surface area contributed by atoms with Crippen molar-refractivity contribution in [2.75, 3.05) is 13.2 Å². The Hall–Kier alpha value is -0.810. The van der Waals surface area contributed by atoms with Gasteiger partial charge in [-0.05, 0) is 34.6 Å². The van der Waals surface area contributed by atoms with Crippen molar-refractivity contribution in [3.63, 3.8) is 0 Å². The van der Waals surface area contributed by atoms with E-state index in [1.807, 2.05) is 34.6 Å². The second-order valence-electron chi connectivity index (χ2n) is 6.07. The molecular formula is C12H21NO4. The highest BCUT2D eigenvalue weighted by Gasteiger charge is 2.51. The molecular weight excluding hydrogens is 222 g/mol. The number of amides is 1. The third-order valence-electron chi connectivity index (χ3n) is 2.74. The van der Waals surface area contributed by atoms with Crippen LogP contribution in [0.4, 0.5) is 4.79 Å². The van der Waals surface area contributed by atoms with Gasteiger partial charge in [0.2, 0.25) is 0 Å². The summed E-state index contributed by atoms with van der Waals surface area (Å²) in [5.74, 6) is -0.535. The third kappa shape index (κ3) is 3.10. The molecule has 5 heteroatoms. The van der Waals surface area contributed by atoms with Gasteiger partial charge in [-0.25, -0.2) is 4.79 Å². The van der Waals surface area contributed by atoms with Crippen molar-refractivity contribution in [3.8, 4) is 0 Å². The Bertz CT molecular complexity index is 321. The molecule has 0 aliphatic carbocycles. The van der Waals surface area contributed by atoms with Gasteiger partial charge in [-0.15, -0.1) is 0 Å². The van der Waals surface area contributed by atoms with E-state index in [1.54, 1.807) is 4.90 Å². The molecule has 5 nitrogen and oxygen atoms in total. The lowest BCUT2D eigenvalue weighted by Crippen LogP contribution is -2.31. The molecule has 2 fully saturated rings. The molecule has 0 aromatic rings. The summed E-state index contributed by atoms with van der Waals surface area (Å²) in [4.78, 5) is 13.4. The maximum absolute atomic E-state index is 11.8. The van der Waals surface area contributed by atoms with Crippen molar-refractivity contribution in [3.05, 3.63) is 0 Å². The Balaban J connectivity index is 1.83. The molecule has 2 atom stereocenters. The highest BCUT2D eigenvalue weighted by Crippen LogP contribution is 2.33. The second-order valence-corrected chi connectivity index (χ2v) is 6.07. The van der Waals surface area contributed by atoms with Crippen LogP contribution in [-0.2, 0) is 14.2 Å². The highest BCUT2D eigenvalue weighted by atomic mass is 16.7. The fourth-order valence-electron chi connectivity index (χ4n) is 1.91. The first-order valence-electron chi connectivity index (χ1n) is 5.99. The summed E-state index contributed by atoms with van der Waals surface area (Å²) in [6.07, 6.45) is -0.298. The molecule has 0 radical (unpaired) electrons. The standard InChI is InChI=1S/C12H21NO4/c1-11(2,3)17-10(14)13-6-8(13)9-7-15-12(4,5)16-9/h8-9H,6-7H2,1-5H3/t8-,9+,13?/m0/s1. The number of carbonyl (C=O) groups is 1. The van der Waals surface area contributed by atoms with E-state index < -0.39 is 11.4 Å². The number of hydrogen-bond donors (Lipinski definition) is 0. The maximum Gasteiger partial charge on any atom is 0.410 e. The number of carbonyl (C=O) groups excluding carboxylic acids is 1.